The van der Waals surface area contributed by atoms with E-state index in [0.717, 1.165) is 10.0 Å². The molecule has 12 heteroatoms. The fraction of sp³-hybridized carbons (Fsp3) is 0.167. The van der Waals surface area contributed by atoms with Crippen LogP contribution in [-0.4, -0.2) is 26.3 Å². The smallest absolute Gasteiger partial charge is 0.238 e. The zero-order chi connectivity index (χ0) is 26.3. The van der Waals surface area contributed by atoms with Crippen molar-refractivity contribution in [3.05, 3.63) is 102 Å². The average molecular weight is 541 g/mol. The molecule has 3 aromatic carbocycles. The van der Waals surface area contributed by atoms with Crippen LogP contribution in [0.3, 0.4) is 0 Å². The van der Waals surface area contributed by atoms with Gasteiger partial charge in [0.2, 0.25) is 0 Å². The fourth-order valence-electron chi connectivity index (χ4n) is 3.85. The summed E-state index contributed by atoms with van der Waals surface area (Å²) in [5, 5.41) is 0.624. The number of aromatic nitrogens is 1. The van der Waals surface area contributed by atoms with Gasteiger partial charge in [0.25, 0.3) is 10.0 Å². The van der Waals surface area contributed by atoms with Crippen LogP contribution in [-0.2, 0) is 26.5 Å². The molecule has 0 spiro atoms. The maximum atomic E-state index is 14.4. The lowest BCUT2D eigenvalue weighted by Gasteiger charge is -2.16. The zero-order valence-electron chi connectivity index (χ0n) is 18.7. The van der Waals surface area contributed by atoms with Crippen molar-refractivity contribution in [2.45, 2.75) is 29.8 Å². The Morgan fingerprint density at radius 2 is 1.50 bits per heavy atom. The van der Waals surface area contributed by atoms with Gasteiger partial charge in [0.1, 0.15) is 10.7 Å². The van der Waals surface area contributed by atoms with Crippen LogP contribution >= 0.6 is 0 Å². The molecule has 0 saturated heterocycles. The van der Waals surface area contributed by atoms with E-state index in [4.69, 9.17) is 0 Å². The highest BCUT2D eigenvalue weighted by Gasteiger charge is 2.46. The molecule has 0 saturated carbocycles. The Balaban J connectivity index is 1.69. The van der Waals surface area contributed by atoms with E-state index in [1.54, 1.807) is 47.2 Å². The number of hydrogen-bond donors (Lipinski definition) is 1. The number of nitrogens with one attached hydrogen (secondary N) is 1. The van der Waals surface area contributed by atoms with Gasteiger partial charge in [0, 0.05) is 23.5 Å². The predicted octanol–water partition coefficient (Wildman–Crippen LogP) is 5.11. The molecule has 0 aliphatic rings. The van der Waals surface area contributed by atoms with Crippen LogP contribution in [0, 0.1) is 5.82 Å². The molecule has 0 radical (unpaired) electrons. The minimum Gasteiger partial charge on any atom is -0.238 e. The Bertz CT molecular complexity index is 1630. The molecule has 0 aliphatic carbocycles. The van der Waals surface area contributed by atoms with Gasteiger partial charge in [-0.1, -0.05) is 54.6 Å². The van der Waals surface area contributed by atoms with Gasteiger partial charge in [-0.3, -0.25) is 0 Å². The third kappa shape index (κ3) is 4.88. The number of para-hydroxylation sites is 1. The first-order chi connectivity index (χ1) is 16.8. The van der Waals surface area contributed by atoms with Gasteiger partial charge in [-0.2, -0.15) is 13.2 Å². The molecule has 1 atom stereocenters. The Morgan fingerprint density at radius 3 is 2.14 bits per heavy atom. The second-order valence-corrected chi connectivity index (χ2v) is 11.6. The van der Waals surface area contributed by atoms with Crippen molar-refractivity contribution >= 4 is 30.9 Å². The minimum atomic E-state index is -5.52. The lowest BCUT2D eigenvalue weighted by atomic mass is 10.0. The van der Waals surface area contributed by atoms with Crippen LogP contribution in [0.5, 0.6) is 0 Å². The first kappa shape index (κ1) is 25.9. The topological polar surface area (TPSA) is 85.2 Å². The molecule has 0 aliphatic heterocycles. The highest BCUT2D eigenvalue weighted by atomic mass is 32.2. The van der Waals surface area contributed by atoms with Crippen LogP contribution in [0.15, 0.2) is 83.8 Å². The van der Waals surface area contributed by atoms with Gasteiger partial charge < -0.3 is 0 Å². The molecule has 0 bridgehead atoms. The van der Waals surface area contributed by atoms with Crippen LogP contribution < -0.4 is 4.72 Å². The second kappa shape index (κ2) is 9.34. The van der Waals surface area contributed by atoms with Crippen LogP contribution in [0.4, 0.5) is 17.6 Å². The third-order valence-corrected chi connectivity index (χ3v) is 8.67. The summed E-state index contributed by atoms with van der Waals surface area (Å²) in [7, 11) is -9.82. The van der Waals surface area contributed by atoms with E-state index in [-0.39, 0.29) is 12.0 Å². The van der Waals surface area contributed by atoms with Gasteiger partial charge in [-0.15, -0.1) is 0 Å². The first-order valence-corrected chi connectivity index (χ1v) is 13.5. The van der Waals surface area contributed by atoms with E-state index >= 15 is 0 Å². The van der Waals surface area contributed by atoms with Crippen molar-refractivity contribution in [3.63, 3.8) is 0 Å². The van der Waals surface area contributed by atoms with Crippen molar-refractivity contribution in [1.82, 2.24) is 8.69 Å². The maximum absolute atomic E-state index is 14.4. The molecule has 36 heavy (non-hydrogen) atoms. The number of sulfonamides is 1. The second-order valence-electron chi connectivity index (χ2n) is 8.10. The molecule has 0 fully saturated rings. The van der Waals surface area contributed by atoms with Crippen molar-refractivity contribution in [2.24, 2.45) is 0 Å². The molecule has 4 rings (SSSR count). The van der Waals surface area contributed by atoms with Crippen LogP contribution in [0.2, 0.25) is 0 Å². The van der Waals surface area contributed by atoms with E-state index in [1.165, 1.54) is 37.3 Å². The molecular formula is C24H20F4N2O4S2. The summed E-state index contributed by atoms with van der Waals surface area (Å²) in [6.07, 6.45) is 0.102. The summed E-state index contributed by atoms with van der Waals surface area (Å²) in [6.45, 7) is 1.27. The van der Waals surface area contributed by atoms with E-state index in [2.05, 4.69) is 0 Å². The number of hydrogen-bond acceptors (Lipinski definition) is 4. The van der Waals surface area contributed by atoms with E-state index in [0.29, 0.717) is 22.2 Å². The first-order valence-electron chi connectivity index (χ1n) is 10.6. The number of nitrogens with zero attached hydrogens (tertiary/aromatic N) is 1. The standard InChI is InChI=1S/C24H20F4N2O4S2/c1-16(29-36(33,34)24(26,27)28)18-12-10-17(11-13-18)14-20-15-19-6-2-4-8-22(19)30(20)35(31,32)23-9-5-3-7-21(23)25/h2-13,15-16,29H,14H2,1H3/t16-/m0/s1. The number of benzene rings is 3. The van der Waals surface area contributed by atoms with E-state index in [9.17, 15) is 34.4 Å². The summed E-state index contributed by atoms with van der Waals surface area (Å²) in [4.78, 5) is -0.478. The van der Waals surface area contributed by atoms with Gasteiger partial charge in [-0.05, 0) is 42.3 Å². The molecule has 6 nitrogen and oxygen atoms in total. The van der Waals surface area contributed by atoms with Crippen molar-refractivity contribution in [2.75, 3.05) is 0 Å². The zero-order valence-corrected chi connectivity index (χ0v) is 20.3. The molecule has 0 amide bonds. The quantitative estimate of drug-likeness (QED) is 0.330. The Hall–Kier alpha value is -3.22. The highest BCUT2D eigenvalue weighted by molar-refractivity contribution is 7.90. The SMILES string of the molecule is C[C@H](NS(=O)(=O)C(F)(F)F)c1ccc(Cc2cc3ccccc3n2S(=O)(=O)c2ccccc2F)cc1. The Labute approximate surface area is 205 Å². The molecule has 190 valence electrons. The monoisotopic (exact) mass is 540 g/mol. The molecule has 1 aromatic heterocycles. The average Bonchev–Trinajstić information content (AvgIpc) is 3.17. The number of halogens is 4. The molecule has 0 unspecified atom stereocenters. The van der Waals surface area contributed by atoms with Gasteiger partial charge >= 0.3 is 15.5 Å². The maximum Gasteiger partial charge on any atom is 0.511 e. The van der Waals surface area contributed by atoms with Crippen molar-refractivity contribution in [3.8, 4) is 0 Å². The fourth-order valence-corrected chi connectivity index (χ4v) is 6.20. The minimum absolute atomic E-state index is 0.102. The van der Waals surface area contributed by atoms with E-state index < -0.39 is 42.3 Å². The van der Waals surface area contributed by atoms with Crippen LogP contribution in [0.1, 0.15) is 29.8 Å². The highest BCUT2D eigenvalue weighted by Crippen LogP contribution is 2.29. The summed E-state index contributed by atoms with van der Waals surface area (Å²) < 4.78 is 105. The molecular weight excluding hydrogens is 520 g/mol. The number of alkyl halides is 3. The van der Waals surface area contributed by atoms with Gasteiger partial charge in [0.15, 0.2) is 0 Å². The summed E-state index contributed by atoms with van der Waals surface area (Å²) in [6, 6.07) is 18.3. The lowest BCUT2D eigenvalue weighted by Crippen LogP contribution is -2.37. The van der Waals surface area contributed by atoms with Gasteiger partial charge in [0.05, 0.1) is 5.52 Å². The predicted molar refractivity (Wildman–Crippen MR) is 127 cm³/mol. The lowest BCUT2D eigenvalue weighted by molar-refractivity contribution is -0.0450. The summed E-state index contributed by atoms with van der Waals surface area (Å²) in [5.74, 6) is -0.888. The Morgan fingerprint density at radius 1 is 0.889 bits per heavy atom. The number of rotatable bonds is 7. The van der Waals surface area contributed by atoms with Crippen molar-refractivity contribution < 1.29 is 34.4 Å². The molecule has 1 heterocycles. The van der Waals surface area contributed by atoms with E-state index in [1.807, 2.05) is 0 Å². The largest absolute Gasteiger partial charge is 0.511 e. The molecule has 4 aromatic rings. The van der Waals surface area contributed by atoms with Gasteiger partial charge in [-0.25, -0.2) is 29.9 Å². The summed E-state index contributed by atoms with van der Waals surface area (Å²) >= 11 is 0. The summed E-state index contributed by atoms with van der Waals surface area (Å²) in [5.41, 5.74) is -3.83. The normalized spacial score (nSPS) is 13.7. The number of fused-ring (bicyclic) bond motifs is 1. The van der Waals surface area contributed by atoms with Crippen molar-refractivity contribution in [1.29, 1.82) is 0 Å². The van der Waals surface area contributed by atoms with Crippen LogP contribution in [0.25, 0.3) is 10.9 Å². The third-order valence-electron chi connectivity index (χ3n) is 5.60. The molecule has 1 N–H and O–H groups in total. The Kier molecular flexibility index (Phi) is 6.71.